The van der Waals surface area contributed by atoms with Gasteiger partial charge in [0.1, 0.15) is 5.60 Å². The predicted octanol–water partition coefficient (Wildman–Crippen LogP) is 1.42. The topological polar surface area (TPSA) is 26.3 Å². The lowest BCUT2D eigenvalue weighted by molar-refractivity contribution is 0.138. The van der Waals surface area contributed by atoms with Crippen LogP contribution in [0.2, 0.25) is 0 Å². The summed E-state index contributed by atoms with van der Waals surface area (Å²) in [6, 6.07) is 0. The number of ether oxygens (including phenoxy) is 1. The summed E-state index contributed by atoms with van der Waals surface area (Å²) in [5.41, 5.74) is -0.503. The largest absolute Gasteiger partial charge is 0.447 e. The van der Waals surface area contributed by atoms with Crippen molar-refractivity contribution < 1.29 is 9.53 Å². The molecule has 0 aromatic rings. The van der Waals surface area contributed by atoms with Crippen molar-refractivity contribution in [2.24, 2.45) is 0 Å². The molecule has 0 unspecified atom stereocenters. The van der Waals surface area contributed by atoms with Crippen molar-refractivity contribution in [1.29, 1.82) is 0 Å². The molecule has 9 heavy (non-hydrogen) atoms. The fourth-order valence-corrected chi connectivity index (χ4v) is 0.543. The molecule has 0 saturated carbocycles. The molecule has 0 amide bonds. The minimum absolute atomic E-state index is 0.503. The maximum absolute atomic E-state index is 9.71. The first-order valence-electron chi connectivity index (χ1n) is 2.81. The van der Waals surface area contributed by atoms with Gasteiger partial charge in [0.15, 0.2) is 0 Å². The van der Waals surface area contributed by atoms with Crippen LogP contribution in [0.25, 0.3) is 0 Å². The van der Waals surface area contributed by atoms with Crippen molar-refractivity contribution in [3.8, 4) is 0 Å². The Kier molecular flexibility index (Phi) is 2.99. The molecule has 0 aromatic carbocycles. The Labute approximate surface area is 55.5 Å². The van der Waals surface area contributed by atoms with Crippen LogP contribution in [0.5, 0.6) is 0 Å². The number of carbonyl (C=O) groups excluding carboxylic acids is 1. The molecule has 51 valence electrons. The summed E-state index contributed by atoms with van der Waals surface area (Å²) in [4.78, 5) is 9.71. The molecule has 2 nitrogen and oxygen atoms in total. The summed E-state index contributed by atoms with van der Waals surface area (Å²) in [6.45, 7) is 6.84. The molecule has 0 aliphatic heterocycles. The number of rotatable bonds is 3. The number of hydrogen-bond acceptors (Lipinski definition) is 2. The molecule has 2 heteroatoms. The lowest BCUT2D eigenvalue weighted by atomic mass is 10.1. The van der Waals surface area contributed by atoms with Gasteiger partial charge >= 0.3 is 6.47 Å². The highest BCUT2D eigenvalue weighted by Crippen LogP contribution is 2.08. The third-order valence-electron chi connectivity index (χ3n) is 0.873. The molecule has 0 atom stereocenters. The van der Waals surface area contributed by atoms with E-state index in [1.165, 1.54) is 6.47 Å². The average Bonchev–Trinajstić information content (AvgIpc) is 1.64. The van der Waals surface area contributed by atoms with E-state index >= 15 is 0 Å². The Bertz CT molecular complexity index is 114. The predicted molar refractivity (Wildman–Crippen MR) is 35.7 cm³/mol. The number of hydrogen-bond donors (Lipinski definition) is 0. The first-order chi connectivity index (χ1) is 4.12. The normalized spacial score (nSPS) is 11.9. The molecule has 0 rings (SSSR count). The first kappa shape index (κ1) is 8.21. The van der Waals surface area contributed by atoms with E-state index in [2.05, 4.69) is 4.74 Å². The molecule has 0 fully saturated rings. The SMILES string of the molecule is CC=CC(C)(C)O[C]=O. The fraction of sp³-hybridized carbons (Fsp3) is 0.571. The second kappa shape index (κ2) is 3.28. The zero-order chi connectivity index (χ0) is 7.33. The van der Waals surface area contributed by atoms with E-state index in [1.54, 1.807) is 19.9 Å². The van der Waals surface area contributed by atoms with E-state index in [9.17, 15) is 4.79 Å². The zero-order valence-electron chi connectivity index (χ0n) is 5.97. The second-order valence-electron chi connectivity index (χ2n) is 2.29. The molecule has 0 N–H and O–H groups in total. The van der Waals surface area contributed by atoms with Gasteiger partial charge in [-0.05, 0) is 26.8 Å². The summed E-state index contributed by atoms with van der Waals surface area (Å²) < 4.78 is 4.58. The highest BCUT2D eigenvalue weighted by Gasteiger charge is 2.12. The van der Waals surface area contributed by atoms with E-state index in [-0.39, 0.29) is 0 Å². The van der Waals surface area contributed by atoms with Gasteiger partial charge in [0, 0.05) is 0 Å². The van der Waals surface area contributed by atoms with Crippen LogP contribution in [0.3, 0.4) is 0 Å². The van der Waals surface area contributed by atoms with Crippen LogP contribution in [-0.4, -0.2) is 12.1 Å². The monoisotopic (exact) mass is 127 g/mol. The van der Waals surface area contributed by atoms with Crippen LogP contribution in [0, 0.1) is 0 Å². The molecule has 1 radical (unpaired) electrons. The Morgan fingerprint density at radius 2 is 2.11 bits per heavy atom. The summed E-state index contributed by atoms with van der Waals surface area (Å²) in [7, 11) is 0. The maximum Gasteiger partial charge on any atom is 0.418 e. The molecule has 0 bridgehead atoms. The second-order valence-corrected chi connectivity index (χ2v) is 2.29. The van der Waals surface area contributed by atoms with Crippen LogP contribution >= 0.6 is 0 Å². The number of allylic oxidation sites excluding steroid dienone is 1. The van der Waals surface area contributed by atoms with Gasteiger partial charge < -0.3 is 4.74 Å². The third kappa shape index (κ3) is 3.76. The summed E-state index contributed by atoms with van der Waals surface area (Å²) in [5, 5.41) is 0. The molecular formula is C7H11O2. The van der Waals surface area contributed by atoms with Gasteiger partial charge in [-0.15, -0.1) is 0 Å². The Morgan fingerprint density at radius 1 is 1.56 bits per heavy atom. The summed E-state index contributed by atoms with van der Waals surface area (Å²) in [5.74, 6) is 0. The van der Waals surface area contributed by atoms with Crippen LogP contribution in [0.15, 0.2) is 12.2 Å². The van der Waals surface area contributed by atoms with Gasteiger partial charge in [-0.2, -0.15) is 0 Å². The molecule has 0 heterocycles. The summed E-state index contributed by atoms with van der Waals surface area (Å²) >= 11 is 0. The highest BCUT2D eigenvalue weighted by atomic mass is 16.5. The molecular weight excluding hydrogens is 116 g/mol. The van der Waals surface area contributed by atoms with Gasteiger partial charge in [-0.1, -0.05) is 6.08 Å². The Morgan fingerprint density at radius 3 is 2.44 bits per heavy atom. The smallest absolute Gasteiger partial charge is 0.418 e. The van der Waals surface area contributed by atoms with E-state index in [0.717, 1.165) is 0 Å². The van der Waals surface area contributed by atoms with Crippen LogP contribution in [-0.2, 0) is 9.53 Å². The van der Waals surface area contributed by atoms with Gasteiger partial charge in [0.2, 0.25) is 0 Å². The van der Waals surface area contributed by atoms with Gasteiger partial charge in [-0.25, -0.2) is 4.79 Å². The zero-order valence-corrected chi connectivity index (χ0v) is 5.97. The Hall–Kier alpha value is -0.790. The molecule has 0 aliphatic carbocycles. The summed E-state index contributed by atoms with van der Waals surface area (Å²) in [6.07, 6.45) is 3.62. The van der Waals surface area contributed by atoms with Crippen molar-refractivity contribution >= 4 is 6.47 Å². The van der Waals surface area contributed by atoms with Crippen molar-refractivity contribution in [3.63, 3.8) is 0 Å². The van der Waals surface area contributed by atoms with E-state index in [1.807, 2.05) is 13.0 Å². The lowest BCUT2D eigenvalue weighted by Gasteiger charge is -2.15. The van der Waals surface area contributed by atoms with E-state index in [4.69, 9.17) is 0 Å². The van der Waals surface area contributed by atoms with E-state index in [0.29, 0.717) is 0 Å². The van der Waals surface area contributed by atoms with Gasteiger partial charge in [0.25, 0.3) is 0 Å². The minimum Gasteiger partial charge on any atom is -0.447 e. The lowest BCUT2D eigenvalue weighted by Crippen LogP contribution is -2.19. The quantitative estimate of drug-likeness (QED) is 0.536. The minimum atomic E-state index is -0.503. The first-order valence-corrected chi connectivity index (χ1v) is 2.81. The van der Waals surface area contributed by atoms with Crippen LogP contribution < -0.4 is 0 Å². The molecule has 0 spiro atoms. The average molecular weight is 127 g/mol. The van der Waals surface area contributed by atoms with Crippen LogP contribution in [0.1, 0.15) is 20.8 Å². The molecule has 0 aliphatic rings. The standard InChI is InChI=1S/C7H11O2/c1-4-5-7(2,3)9-6-8/h4-5H,1-3H3. The van der Waals surface area contributed by atoms with Crippen molar-refractivity contribution in [2.75, 3.05) is 0 Å². The Balaban J connectivity index is 3.84. The van der Waals surface area contributed by atoms with Crippen molar-refractivity contribution in [3.05, 3.63) is 12.2 Å². The molecule has 0 aromatic heterocycles. The van der Waals surface area contributed by atoms with Gasteiger partial charge in [0.05, 0.1) is 0 Å². The third-order valence-corrected chi connectivity index (χ3v) is 0.873. The highest BCUT2D eigenvalue weighted by molar-refractivity contribution is 5.40. The van der Waals surface area contributed by atoms with Crippen molar-refractivity contribution in [1.82, 2.24) is 0 Å². The van der Waals surface area contributed by atoms with E-state index < -0.39 is 5.60 Å². The maximum atomic E-state index is 9.71. The van der Waals surface area contributed by atoms with Gasteiger partial charge in [-0.3, -0.25) is 0 Å². The van der Waals surface area contributed by atoms with Crippen molar-refractivity contribution in [2.45, 2.75) is 26.4 Å². The van der Waals surface area contributed by atoms with Crippen LogP contribution in [0.4, 0.5) is 0 Å². The fourth-order valence-electron chi connectivity index (χ4n) is 0.543. The molecule has 0 saturated heterocycles.